The third-order valence-corrected chi connectivity index (χ3v) is 6.98. The summed E-state index contributed by atoms with van der Waals surface area (Å²) in [4.78, 5) is 2.54. The maximum absolute atomic E-state index is 5.80. The van der Waals surface area contributed by atoms with E-state index in [-0.39, 0.29) is 5.54 Å². The Balaban J connectivity index is 2.17. The summed E-state index contributed by atoms with van der Waals surface area (Å²) < 4.78 is 5.80. The predicted octanol–water partition coefficient (Wildman–Crippen LogP) is 6.21. The van der Waals surface area contributed by atoms with Gasteiger partial charge in [-0.05, 0) is 69.0 Å². The van der Waals surface area contributed by atoms with Crippen LogP contribution in [-0.2, 0) is 12.8 Å². The zero-order valence-corrected chi connectivity index (χ0v) is 19.7. The van der Waals surface area contributed by atoms with E-state index in [0.29, 0.717) is 0 Å². The molecule has 1 aromatic rings. The number of nitrogens with one attached hydrogen (secondary N) is 1. The van der Waals surface area contributed by atoms with Crippen LogP contribution in [0.5, 0.6) is 5.75 Å². The van der Waals surface area contributed by atoms with Crippen molar-refractivity contribution in [2.24, 2.45) is 0 Å². The topological polar surface area (TPSA) is 24.5 Å². The summed E-state index contributed by atoms with van der Waals surface area (Å²) in [6.45, 7) is 13.2. The molecule has 0 amide bonds. The Morgan fingerprint density at radius 2 is 1.86 bits per heavy atom. The van der Waals surface area contributed by atoms with Crippen LogP contribution in [0.3, 0.4) is 0 Å². The van der Waals surface area contributed by atoms with E-state index in [0.717, 1.165) is 37.4 Å². The number of methoxy groups -OCH3 is 1. The van der Waals surface area contributed by atoms with Crippen molar-refractivity contribution < 1.29 is 4.74 Å². The highest BCUT2D eigenvalue weighted by Crippen LogP contribution is 2.34. The molecule has 0 heterocycles. The molecule has 1 aliphatic carbocycles. The molecule has 0 spiro atoms. The highest BCUT2D eigenvalue weighted by molar-refractivity contribution is 5.65. The Kier molecular flexibility index (Phi) is 9.55. The average molecular weight is 401 g/mol. The zero-order chi connectivity index (χ0) is 21.3. The van der Waals surface area contributed by atoms with Gasteiger partial charge >= 0.3 is 0 Å². The fraction of sp³-hybridized carbons (Fsp3) is 0.692. The van der Waals surface area contributed by atoms with Gasteiger partial charge in [0.25, 0.3) is 0 Å². The Hall–Kier alpha value is -1.48. The largest absolute Gasteiger partial charge is 0.496 e. The summed E-state index contributed by atoms with van der Waals surface area (Å²) in [5, 5.41) is 3.71. The van der Waals surface area contributed by atoms with E-state index in [1.807, 2.05) is 0 Å². The van der Waals surface area contributed by atoms with E-state index in [2.05, 4.69) is 56.7 Å². The maximum Gasteiger partial charge on any atom is 0.122 e. The number of unbranched alkanes of at least 4 members (excludes halogenated alkanes) is 2. The number of ether oxygens (including phenoxy) is 1. The Morgan fingerprint density at radius 1 is 1.14 bits per heavy atom. The van der Waals surface area contributed by atoms with Gasteiger partial charge in [0.15, 0.2) is 0 Å². The SMILES string of the molecule is C=C(NCC1(N(C)CC)CCCCC1)c1cc(CC)c(CCCCC)c(OC)c1. The maximum atomic E-state index is 5.80. The Morgan fingerprint density at radius 3 is 2.45 bits per heavy atom. The molecule has 1 saturated carbocycles. The van der Waals surface area contributed by atoms with Crippen LogP contribution in [-0.4, -0.2) is 37.7 Å². The van der Waals surface area contributed by atoms with E-state index < -0.39 is 0 Å². The van der Waals surface area contributed by atoms with Gasteiger partial charge in [-0.25, -0.2) is 0 Å². The molecule has 1 N–H and O–H groups in total. The van der Waals surface area contributed by atoms with Crippen molar-refractivity contribution in [3.05, 3.63) is 35.4 Å². The van der Waals surface area contributed by atoms with Crippen LogP contribution in [0.4, 0.5) is 0 Å². The Bertz CT molecular complexity index is 621. The van der Waals surface area contributed by atoms with Gasteiger partial charge in [0, 0.05) is 23.3 Å². The fourth-order valence-corrected chi connectivity index (χ4v) is 4.82. The number of likely N-dealkylation sites (N-methyl/N-ethyl adjacent to an activating group) is 1. The lowest BCUT2D eigenvalue weighted by Gasteiger charge is -2.45. The standard InChI is InChI=1S/C26H44N2O/c1-7-10-12-15-24-22(8-2)18-23(19-25(24)29-6)21(4)27-20-26(28(5)9-3)16-13-11-14-17-26/h18-19,27H,4,7-17,20H2,1-3,5-6H3. The molecule has 0 saturated heterocycles. The van der Waals surface area contributed by atoms with E-state index in [9.17, 15) is 0 Å². The smallest absolute Gasteiger partial charge is 0.122 e. The molecule has 29 heavy (non-hydrogen) atoms. The molecule has 0 unspecified atom stereocenters. The van der Waals surface area contributed by atoms with E-state index in [1.54, 1.807) is 7.11 Å². The van der Waals surface area contributed by atoms with Gasteiger partial charge in [0.05, 0.1) is 7.11 Å². The minimum absolute atomic E-state index is 0.258. The molecule has 164 valence electrons. The molecular formula is C26H44N2O. The summed E-state index contributed by atoms with van der Waals surface area (Å²) in [5.41, 5.74) is 5.23. The van der Waals surface area contributed by atoms with Crippen LogP contribution in [0.25, 0.3) is 5.70 Å². The van der Waals surface area contributed by atoms with Crippen molar-refractivity contribution in [2.75, 3.05) is 27.2 Å². The molecule has 0 atom stereocenters. The van der Waals surface area contributed by atoms with Gasteiger partial charge in [-0.2, -0.15) is 0 Å². The molecule has 1 aliphatic rings. The van der Waals surface area contributed by atoms with Crippen LogP contribution in [0.1, 0.15) is 88.8 Å². The predicted molar refractivity (Wildman–Crippen MR) is 127 cm³/mol. The highest BCUT2D eigenvalue weighted by Gasteiger charge is 2.35. The van der Waals surface area contributed by atoms with Crippen LogP contribution < -0.4 is 10.1 Å². The minimum Gasteiger partial charge on any atom is -0.496 e. The summed E-state index contributed by atoms with van der Waals surface area (Å²) in [6.07, 6.45) is 12.5. The molecule has 0 aromatic heterocycles. The van der Waals surface area contributed by atoms with Gasteiger partial charge in [0.2, 0.25) is 0 Å². The molecule has 0 aliphatic heterocycles. The minimum atomic E-state index is 0.258. The first-order valence-electron chi connectivity index (χ1n) is 11.9. The third kappa shape index (κ3) is 6.01. The molecule has 0 radical (unpaired) electrons. The third-order valence-electron chi connectivity index (χ3n) is 6.98. The second-order valence-electron chi connectivity index (χ2n) is 8.76. The van der Waals surface area contributed by atoms with Crippen molar-refractivity contribution in [2.45, 2.75) is 90.5 Å². The normalized spacial score (nSPS) is 16.1. The van der Waals surface area contributed by atoms with Gasteiger partial charge in [-0.3, -0.25) is 4.90 Å². The summed E-state index contributed by atoms with van der Waals surface area (Å²) >= 11 is 0. The summed E-state index contributed by atoms with van der Waals surface area (Å²) in [5.74, 6) is 1.02. The highest BCUT2D eigenvalue weighted by atomic mass is 16.5. The quantitative estimate of drug-likeness (QED) is 0.422. The molecule has 3 heteroatoms. The van der Waals surface area contributed by atoms with Crippen molar-refractivity contribution in [1.82, 2.24) is 10.2 Å². The first-order valence-corrected chi connectivity index (χ1v) is 11.9. The lowest BCUT2D eigenvalue weighted by molar-refractivity contribution is 0.0831. The van der Waals surface area contributed by atoms with E-state index >= 15 is 0 Å². The molecule has 1 aromatic carbocycles. The molecule has 3 nitrogen and oxygen atoms in total. The summed E-state index contributed by atoms with van der Waals surface area (Å²) in [6, 6.07) is 4.52. The van der Waals surface area contributed by atoms with Crippen LogP contribution in [0.15, 0.2) is 18.7 Å². The zero-order valence-electron chi connectivity index (χ0n) is 19.7. The second-order valence-corrected chi connectivity index (χ2v) is 8.76. The van der Waals surface area contributed by atoms with Crippen LogP contribution in [0.2, 0.25) is 0 Å². The van der Waals surface area contributed by atoms with Crippen LogP contribution >= 0.6 is 0 Å². The number of benzene rings is 1. The molecule has 2 rings (SSSR count). The first-order chi connectivity index (χ1) is 14.0. The lowest BCUT2D eigenvalue weighted by atomic mass is 9.80. The Labute approximate surface area is 179 Å². The second kappa shape index (κ2) is 11.6. The number of aryl methyl sites for hydroxylation is 1. The molecular weight excluding hydrogens is 356 g/mol. The van der Waals surface area contributed by atoms with Gasteiger partial charge in [-0.1, -0.05) is 59.5 Å². The van der Waals surface area contributed by atoms with E-state index in [4.69, 9.17) is 4.74 Å². The van der Waals surface area contributed by atoms with Crippen molar-refractivity contribution in [1.29, 1.82) is 0 Å². The van der Waals surface area contributed by atoms with Gasteiger partial charge in [-0.15, -0.1) is 0 Å². The number of hydrogen-bond acceptors (Lipinski definition) is 3. The first kappa shape index (κ1) is 23.8. The average Bonchev–Trinajstić information content (AvgIpc) is 2.77. The summed E-state index contributed by atoms with van der Waals surface area (Å²) in [7, 11) is 4.07. The fourth-order valence-electron chi connectivity index (χ4n) is 4.82. The molecule has 0 bridgehead atoms. The van der Waals surface area contributed by atoms with Crippen molar-refractivity contribution in [3.8, 4) is 5.75 Å². The van der Waals surface area contributed by atoms with Crippen LogP contribution in [0, 0.1) is 0 Å². The van der Waals surface area contributed by atoms with Gasteiger partial charge < -0.3 is 10.1 Å². The van der Waals surface area contributed by atoms with E-state index in [1.165, 1.54) is 68.1 Å². The monoisotopic (exact) mass is 400 g/mol. The number of hydrogen-bond donors (Lipinski definition) is 1. The van der Waals surface area contributed by atoms with Crippen molar-refractivity contribution in [3.63, 3.8) is 0 Å². The number of nitrogens with zero attached hydrogens (tertiary/aromatic N) is 1. The lowest BCUT2D eigenvalue weighted by Crippen LogP contribution is -2.54. The van der Waals surface area contributed by atoms with Crippen molar-refractivity contribution >= 4 is 5.70 Å². The van der Waals surface area contributed by atoms with Gasteiger partial charge in [0.1, 0.15) is 5.75 Å². The number of rotatable bonds is 12. The molecule has 1 fully saturated rings.